The van der Waals surface area contributed by atoms with Crippen LogP contribution in [0, 0.1) is 6.92 Å². The van der Waals surface area contributed by atoms with Crippen molar-refractivity contribution in [2.45, 2.75) is 52.5 Å². The Kier molecular flexibility index (Phi) is 5.54. The van der Waals surface area contributed by atoms with Crippen LogP contribution in [0.15, 0.2) is 0 Å². The molecule has 112 valence electrons. The molecule has 0 spiro atoms. The van der Waals surface area contributed by atoms with Gasteiger partial charge in [0.05, 0.1) is 10.7 Å². The van der Waals surface area contributed by atoms with Gasteiger partial charge in [0.15, 0.2) is 0 Å². The van der Waals surface area contributed by atoms with Crippen LogP contribution in [0.1, 0.15) is 53.5 Å². The quantitative estimate of drug-likeness (QED) is 0.908. The van der Waals surface area contributed by atoms with Gasteiger partial charge in [-0.2, -0.15) is 0 Å². The van der Waals surface area contributed by atoms with Crippen LogP contribution in [0.5, 0.6) is 0 Å². The Hall–Kier alpha value is -0.940. The molecule has 0 radical (unpaired) electrons. The molecule has 1 N–H and O–H groups in total. The molecule has 0 bridgehead atoms. The van der Waals surface area contributed by atoms with Crippen LogP contribution in [0.2, 0.25) is 0 Å². The molecule has 5 heteroatoms. The third-order valence-corrected chi connectivity index (χ3v) is 5.28. The molecule has 1 aromatic heterocycles. The Morgan fingerprint density at radius 3 is 2.95 bits per heavy atom. The van der Waals surface area contributed by atoms with Gasteiger partial charge in [-0.05, 0) is 39.7 Å². The van der Waals surface area contributed by atoms with Crippen molar-refractivity contribution in [2.24, 2.45) is 0 Å². The lowest BCUT2D eigenvalue weighted by molar-refractivity contribution is 0.0941. The number of thiazole rings is 1. The van der Waals surface area contributed by atoms with Gasteiger partial charge in [-0.15, -0.1) is 11.3 Å². The van der Waals surface area contributed by atoms with Gasteiger partial charge in [0.2, 0.25) is 0 Å². The van der Waals surface area contributed by atoms with E-state index in [1.165, 1.54) is 30.6 Å². The molecule has 0 unspecified atom stereocenters. The molecule has 4 nitrogen and oxygen atoms in total. The predicted octanol–water partition coefficient (Wildman–Crippen LogP) is 2.62. The Morgan fingerprint density at radius 2 is 2.30 bits per heavy atom. The average Bonchev–Trinajstić information content (AvgIpc) is 2.82. The van der Waals surface area contributed by atoms with Crippen LogP contribution in [-0.2, 0) is 6.42 Å². The van der Waals surface area contributed by atoms with Crippen LogP contribution in [-0.4, -0.2) is 41.5 Å². The maximum Gasteiger partial charge on any atom is 0.263 e. The molecule has 0 saturated carbocycles. The molecule has 1 amide bonds. The van der Waals surface area contributed by atoms with Gasteiger partial charge < -0.3 is 5.32 Å². The summed E-state index contributed by atoms with van der Waals surface area (Å²) in [6.45, 7) is 9.10. The Morgan fingerprint density at radius 1 is 1.50 bits per heavy atom. The zero-order chi connectivity index (χ0) is 14.5. The summed E-state index contributed by atoms with van der Waals surface area (Å²) in [5, 5.41) is 4.07. The smallest absolute Gasteiger partial charge is 0.263 e. The number of carbonyl (C=O) groups is 1. The minimum absolute atomic E-state index is 0.0318. The number of hydrogen-bond donors (Lipinski definition) is 1. The fraction of sp³-hybridized carbons (Fsp3) is 0.733. The summed E-state index contributed by atoms with van der Waals surface area (Å²) < 4.78 is 0. The van der Waals surface area contributed by atoms with Crippen molar-refractivity contribution in [1.82, 2.24) is 15.2 Å². The van der Waals surface area contributed by atoms with Gasteiger partial charge in [0, 0.05) is 19.1 Å². The van der Waals surface area contributed by atoms with Gasteiger partial charge >= 0.3 is 0 Å². The van der Waals surface area contributed by atoms with E-state index in [2.05, 4.69) is 29.0 Å². The lowest BCUT2D eigenvalue weighted by Crippen LogP contribution is -2.42. The molecular formula is C15H25N3OS. The van der Waals surface area contributed by atoms with Gasteiger partial charge in [0.25, 0.3) is 5.91 Å². The van der Waals surface area contributed by atoms with E-state index in [1.807, 2.05) is 6.92 Å². The molecule has 1 atom stereocenters. The number of hydrogen-bond acceptors (Lipinski definition) is 4. The number of aryl methyl sites for hydroxylation is 2. The topological polar surface area (TPSA) is 45.2 Å². The molecule has 1 fully saturated rings. The summed E-state index contributed by atoms with van der Waals surface area (Å²) in [5.41, 5.74) is 0.857. The fourth-order valence-corrected chi connectivity index (χ4v) is 3.62. The average molecular weight is 295 g/mol. The number of amides is 1. The zero-order valence-electron chi connectivity index (χ0n) is 12.7. The third-order valence-electron chi connectivity index (χ3n) is 3.97. The van der Waals surface area contributed by atoms with E-state index in [9.17, 15) is 4.79 Å². The van der Waals surface area contributed by atoms with Crippen LogP contribution in [0.3, 0.4) is 0 Å². The highest BCUT2D eigenvalue weighted by Gasteiger charge is 2.18. The first-order chi connectivity index (χ1) is 9.61. The standard InChI is InChI=1S/C15H25N3OS/c1-4-13-17-12(3)14(20-13)15(19)16-8-10-18-9-6-5-7-11(18)2/h11H,4-10H2,1-3H3,(H,16,19)/t11-/m1/s1. The number of carbonyl (C=O) groups excluding carboxylic acids is 1. The number of likely N-dealkylation sites (tertiary alicyclic amines) is 1. The fourth-order valence-electron chi connectivity index (χ4n) is 2.70. The van der Waals surface area contributed by atoms with E-state index in [1.54, 1.807) is 0 Å². The molecule has 1 aliphatic heterocycles. The summed E-state index contributed by atoms with van der Waals surface area (Å²) in [5.74, 6) is 0.0318. The minimum Gasteiger partial charge on any atom is -0.350 e. The molecular weight excluding hydrogens is 270 g/mol. The second kappa shape index (κ2) is 7.18. The maximum absolute atomic E-state index is 12.2. The molecule has 1 saturated heterocycles. The van der Waals surface area contributed by atoms with Gasteiger partial charge in [0.1, 0.15) is 4.88 Å². The molecule has 1 aromatic rings. The third kappa shape index (κ3) is 3.79. The monoisotopic (exact) mass is 295 g/mol. The zero-order valence-corrected chi connectivity index (χ0v) is 13.6. The number of nitrogens with zero attached hydrogens (tertiary/aromatic N) is 2. The minimum atomic E-state index is 0.0318. The Bertz CT molecular complexity index is 458. The van der Waals surface area contributed by atoms with E-state index in [0.717, 1.165) is 41.6 Å². The van der Waals surface area contributed by atoms with Crippen LogP contribution >= 0.6 is 11.3 Å². The number of piperidine rings is 1. The SMILES string of the molecule is CCc1nc(C)c(C(=O)NCCN2CCCC[C@H]2C)s1. The highest BCUT2D eigenvalue weighted by Crippen LogP contribution is 2.18. The molecule has 0 aliphatic carbocycles. The van der Waals surface area contributed by atoms with Crippen molar-refractivity contribution < 1.29 is 4.79 Å². The van der Waals surface area contributed by atoms with Crippen LogP contribution in [0.4, 0.5) is 0 Å². The molecule has 2 rings (SSSR count). The molecule has 1 aliphatic rings. The van der Waals surface area contributed by atoms with Crippen molar-refractivity contribution in [3.05, 3.63) is 15.6 Å². The lowest BCUT2D eigenvalue weighted by atomic mass is 10.0. The molecule has 0 aromatic carbocycles. The molecule has 2 heterocycles. The summed E-state index contributed by atoms with van der Waals surface area (Å²) in [6.07, 6.45) is 4.79. The van der Waals surface area contributed by atoms with Crippen molar-refractivity contribution in [3.8, 4) is 0 Å². The summed E-state index contributed by atoms with van der Waals surface area (Å²) in [6, 6.07) is 0.650. The number of nitrogens with one attached hydrogen (secondary N) is 1. The second-order valence-corrected chi connectivity index (χ2v) is 6.60. The number of aromatic nitrogens is 1. The maximum atomic E-state index is 12.2. The van der Waals surface area contributed by atoms with Crippen molar-refractivity contribution in [2.75, 3.05) is 19.6 Å². The first-order valence-electron chi connectivity index (χ1n) is 7.60. The Balaban J connectivity index is 1.81. The van der Waals surface area contributed by atoms with E-state index >= 15 is 0 Å². The van der Waals surface area contributed by atoms with Gasteiger partial charge in [-0.3, -0.25) is 9.69 Å². The van der Waals surface area contributed by atoms with Gasteiger partial charge in [-0.1, -0.05) is 13.3 Å². The largest absolute Gasteiger partial charge is 0.350 e. The van der Waals surface area contributed by atoms with Crippen LogP contribution in [0.25, 0.3) is 0 Å². The van der Waals surface area contributed by atoms with E-state index in [4.69, 9.17) is 0 Å². The highest BCUT2D eigenvalue weighted by molar-refractivity contribution is 7.13. The predicted molar refractivity (Wildman–Crippen MR) is 83.4 cm³/mol. The normalized spacial score (nSPS) is 20.1. The van der Waals surface area contributed by atoms with Crippen molar-refractivity contribution in [1.29, 1.82) is 0 Å². The summed E-state index contributed by atoms with van der Waals surface area (Å²) in [7, 11) is 0. The lowest BCUT2D eigenvalue weighted by Gasteiger charge is -2.33. The summed E-state index contributed by atoms with van der Waals surface area (Å²) >= 11 is 1.52. The second-order valence-electron chi connectivity index (χ2n) is 5.51. The van der Waals surface area contributed by atoms with E-state index in [-0.39, 0.29) is 5.91 Å². The first kappa shape index (κ1) is 15.4. The highest BCUT2D eigenvalue weighted by atomic mass is 32.1. The van der Waals surface area contributed by atoms with E-state index < -0.39 is 0 Å². The first-order valence-corrected chi connectivity index (χ1v) is 8.42. The van der Waals surface area contributed by atoms with Crippen LogP contribution < -0.4 is 5.32 Å². The summed E-state index contributed by atoms with van der Waals surface area (Å²) in [4.78, 5) is 19.8. The number of rotatable bonds is 5. The van der Waals surface area contributed by atoms with E-state index in [0.29, 0.717) is 6.04 Å². The van der Waals surface area contributed by atoms with Gasteiger partial charge in [-0.25, -0.2) is 4.98 Å². The Labute approximate surface area is 125 Å². The van der Waals surface area contributed by atoms with Crippen molar-refractivity contribution in [3.63, 3.8) is 0 Å². The molecule has 20 heavy (non-hydrogen) atoms. The van der Waals surface area contributed by atoms with Crippen molar-refractivity contribution >= 4 is 17.2 Å².